The van der Waals surface area contributed by atoms with E-state index in [1.807, 2.05) is 120 Å². The van der Waals surface area contributed by atoms with Crippen LogP contribution in [-0.2, 0) is 24.3 Å². The Morgan fingerprint density at radius 2 is 1.38 bits per heavy atom. The summed E-state index contributed by atoms with van der Waals surface area (Å²) in [5, 5.41) is 2.97. The zero-order chi connectivity index (χ0) is 47.2. The van der Waals surface area contributed by atoms with Gasteiger partial charge in [0.1, 0.15) is 41.2 Å². The second-order valence-corrected chi connectivity index (χ2v) is 21.5. The molecule has 2 unspecified atom stereocenters. The average Bonchev–Trinajstić information content (AvgIpc) is 4.23. The standard InChI is InChI=1S/C52H51N6O8PS2/c1-61-41-24-20-39(21-25-41)52(38-18-10-5-11-19-38,40-22-26-42(62-2)27-23-40)64-33-51-32-63-44(45(51)66-67(57-28-12-13-29-57)69-31-30-68-50(60)37-16-8-4-9-17-37)49(65-51)58-35-55-43-46(53-34-54-47(43)58)56-48(59)36-14-6-3-7-15-36/h3-11,14-27,34-35,44-45,49H,12-13,28-33H2,1-2H3,(H,53,54,56,59)/t44?,45-,49-,51-,67?/m1/s1. The number of hydrogen-bond donors (Lipinski definition) is 1. The third-order valence-electron chi connectivity index (χ3n) is 12.6. The van der Waals surface area contributed by atoms with Crippen molar-refractivity contribution in [1.29, 1.82) is 0 Å². The number of imidazole rings is 1. The first-order valence-electron chi connectivity index (χ1n) is 22.8. The van der Waals surface area contributed by atoms with Crippen molar-refractivity contribution in [2.45, 2.75) is 42.5 Å². The molecule has 0 aliphatic carbocycles. The van der Waals surface area contributed by atoms with E-state index in [1.165, 1.54) is 18.1 Å². The van der Waals surface area contributed by atoms with Crippen LogP contribution in [0.3, 0.4) is 0 Å². The number of rotatable bonds is 19. The molecule has 5 aromatic carbocycles. The fraction of sp³-hybridized carbons (Fsp3) is 0.288. The summed E-state index contributed by atoms with van der Waals surface area (Å²) in [4.78, 5) is 40.2. The van der Waals surface area contributed by atoms with Gasteiger partial charge in [0.25, 0.3) is 5.91 Å². The first-order valence-corrected chi connectivity index (χ1v) is 26.6. The molecule has 3 fully saturated rings. The number of benzene rings is 5. The van der Waals surface area contributed by atoms with Gasteiger partial charge in [-0.1, -0.05) is 126 Å². The minimum atomic E-state index is -1.25. The maximum Gasteiger partial charge on any atom is 0.256 e. The molecule has 14 nitrogen and oxygen atoms in total. The third-order valence-corrected chi connectivity index (χ3v) is 17.8. The van der Waals surface area contributed by atoms with Crippen molar-refractivity contribution in [3.05, 3.63) is 180 Å². The van der Waals surface area contributed by atoms with Gasteiger partial charge in [-0.25, -0.2) is 15.0 Å². The third kappa shape index (κ3) is 9.65. The Morgan fingerprint density at radius 3 is 2.01 bits per heavy atom. The van der Waals surface area contributed by atoms with Gasteiger partial charge in [-0.2, -0.15) is 0 Å². The van der Waals surface area contributed by atoms with E-state index >= 15 is 0 Å². The largest absolute Gasteiger partial charge is 0.497 e. The molecule has 2 aromatic heterocycles. The zero-order valence-electron chi connectivity index (χ0n) is 38.1. The number of hydrogen-bond acceptors (Lipinski definition) is 14. The smallest absolute Gasteiger partial charge is 0.256 e. The minimum Gasteiger partial charge on any atom is -0.497 e. The average molecular weight is 983 g/mol. The molecule has 69 heavy (non-hydrogen) atoms. The van der Waals surface area contributed by atoms with E-state index in [9.17, 15) is 9.59 Å². The van der Waals surface area contributed by atoms with E-state index in [-0.39, 0.29) is 30.1 Å². The summed E-state index contributed by atoms with van der Waals surface area (Å²) in [6.07, 6.45) is 3.21. The van der Waals surface area contributed by atoms with E-state index in [0.717, 1.165) is 42.6 Å². The van der Waals surface area contributed by atoms with Crippen LogP contribution < -0.4 is 14.8 Å². The molecule has 5 heterocycles. The molecule has 7 aromatic rings. The number of nitrogens with zero attached hydrogens (tertiary/aromatic N) is 5. The molecule has 0 radical (unpaired) electrons. The Kier molecular flexibility index (Phi) is 14.4. The van der Waals surface area contributed by atoms with Gasteiger partial charge in [0, 0.05) is 35.7 Å². The number of amides is 1. The van der Waals surface area contributed by atoms with Crippen LogP contribution in [0.4, 0.5) is 5.82 Å². The number of carbonyl (C=O) groups is 2. The van der Waals surface area contributed by atoms with Gasteiger partial charge >= 0.3 is 0 Å². The maximum absolute atomic E-state index is 13.3. The molecule has 354 valence electrons. The molecule has 1 N–H and O–H groups in total. The Bertz CT molecular complexity index is 2800. The Hall–Kier alpha value is -5.68. The minimum absolute atomic E-state index is 0.0481. The lowest BCUT2D eigenvalue weighted by Gasteiger charge is -2.40. The number of ether oxygens (including phenoxy) is 5. The summed E-state index contributed by atoms with van der Waals surface area (Å²) in [7, 11) is 2.05. The second-order valence-electron chi connectivity index (χ2n) is 16.8. The highest BCUT2D eigenvalue weighted by Crippen LogP contribution is 2.61. The summed E-state index contributed by atoms with van der Waals surface area (Å²) in [6.45, 7) is 2.03. The van der Waals surface area contributed by atoms with Crippen LogP contribution in [0, 0.1) is 0 Å². The van der Waals surface area contributed by atoms with Crippen molar-refractivity contribution in [2.24, 2.45) is 0 Å². The highest BCUT2D eigenvalue weighted by molar-refractivity contribution is 8.53. The van der Waals surface area contributed by atoms with Gasteiger partial charge in [0.2, 0.25) is 5.12 Å². The molecule has 2 bridgehead atoms. The highest BCUT2D eigenvalue weighted by Gasteiger charge is 2.65. The topological polar surface area (TPSA) is 148 Å². The van der Waals surface area contributed by atoms with Crippen molar-refractivity contribution >= 4 is 58.6 Å². The SMILES string of the molecule is COc1ccc(C(OC[C@@]23COC([C@H](n4cnc5c(NC(=O)c6ccccc6)ncnc54)O2)[C@H]3OP(SCCSC(=O)c2ccccc2)N2CCCC2)(c2ccccc2)c2ccc(OC)cc2)cc1. The number of methoxy groups -OCH3 is 2. The lowest BCUT2D eigenvalue weighted by molar-refractivity contribution is -0.201. The van der Waals surface area contributed by atoms with Gasteiger partial charge < -0.3 is 33.5 Å². The number of carbonyl (C=O) groups excluding carboxylic acids is 2. The van der Waals surface area contributed by atoms with Crippen LogP contribution in [0.15, 0.2) is 152 Å². The Labute approximate surface area is 410 Å². The van der Waals surface area contributed by atoms with Gasteiger partial charge in [-0.05, 0) is 65.9 Å². The van der Waals surface area contributed by atoms with E-state index in [4.69, 9.17) is 33.2 Å². The molecular weight excluding hydrogens is 932 g/mol. The molecule has 3 aliphatic rings. The van der Waals surface area contributed by atoms with E-state index < -0.39 is 37.1 Å². The Morgan fingerprint density at radius 1 is 0.768 bits per heavy atom. The van der Waals surface area contributed by atoms with Crippen LogP contribution in [0.5, 0.6) is 11.5 Å². The number of thioether (sulfide) groups is 1. The van der Waals surface area contributed by atoms with Crippen LogP contribution in [0.25, 0.3) is 11.2 Å². The number of aromatic nitrogens is 4. The van der Waals surface area contributed by atoms with Crippen LogP contribution in [0.1, 0.15) is 56.5 Å². The number of anilines is 1. The molecular formula is C52H51N6O8PS2. The van der Waals surface area contributed by atoms with Crippen molar-refractivity contribution in [1.82, 2.24) is 24.2 Å². The number of nitrogens with one attached hydrogen (secondary N) is 1. The molecule has 10 rings (SSSR count). The quantitative estimate of drug-likeness (QED) is 0.0466. The van der Waals surface area contributed by atoms with E-state index in [0.29, 0.717) is 45.3 Å². The lowest BCUT2D eigenvalue weighted by Crippen LogP contribution is -2.49. The predicted molar refractivity (Wildman–Crippen MR) is 269 cm³/mol. The van der Waals surface area contributed by atoms with Crippen molar-refractivity contribution < 1.29 is 37.8 Å². The van der Waals surface area contributed by atoms with Gasteiger partial charge in [-0.15, -0.1) is 0 Å². The van der Waals surface area contributed by atoms with Crippen molar-refractivity contribution in [2.75, 3.05) is 57.3 Å². The van der Waals surface area contributed by atoms with Gasteiger partial charge in [0.15, 0.2) is 30.7 Å². The lowest BCUT2D eigenvalue weighted by atomic mass is 9.79. The molecule has 1 amide bonds. The van der Waals surface area contributed by atoms with E-state index in [2.05, 4.69) is 32.1 Å². The summed E-state index contributed by atoms with van der Waals surface area (Å²) in [6, 6.07) is 44.4. The van der Waals surface area contributed by atoms with Crippen molar-refractivity contribution in [3.63, 3.8) is 0 Å². The Balaban J connectivity index is 1.02. The van der Waals surface area contributed by atoms with Crippen LogP contribution in [0.2, 0.25) is 0 Å². The van der Waals surface area contributed by atoms with Gasteiger partial charge in [-0.3, -0.25) is 18.8 Å². The highest BCUT2D eigenvalue weighted by atomic mass is 32.7. The summed E-state index contributed by atoms with van der Waals surface area (Å²) >= 11 is 3.07. The maximum atomic E-state index is 13.3. The molecule has 0 saturated carbocycles. The number of fused-ring (bicyclic) bond motifs is 3. The van der Waals surface area contributed by atoms with Crippen LogP contribution >= 0.6 is 30.6 Å². The summed E-state index contributed by atoms with van der Waals surface area (Å²) < 4.78 is 44.7. The van der Waals surface area contributed by atoms with Gasteiger partial charge in [0.05, 0.1) is 33.8 Å². The fourth-order valence-electron chi connectivity index (χ4n) is 9.13. The molecule has 0 spiro atoms. The first kappa shape index (κ1) is 47.0. The first-order chi connectivity index (χ1) is 33.9. The summed E-state index contributed by atoms with van der Waals surface area (Å²) in [5.41, 5.74) is 2.38. The molecule has 5 atom stereocenters. The molecule has 17 heteroatoms. The normalized spacial score (nSPS) is 20.5. The zero-order valence-corrected chi connectivity index (χ0v) is 40.6. The summed E-state index contributed by atoms with van der Waals surface area (Å²) in [5.74, 6) is 2.70. The van der Waals surface area contributed by atoms with E-state index in [1.54, 1.807) is 44.1 Å². The predicted octanol–water partition coefficient (Wildman–Crippen LogP) is 9.79. The monoisotopic (exact) mass is 982 g/mol. The molecule has 3 saturated heterocycles. The fourth-order valence-corrected chi connectivity index (χ4v) is 14.5. The van der Waals surface area contributed by atoms with Crippen molar-refractivity contribution in [3.8, 4) is 11.5 Å². The molecule has 3 aliphatic heterocycles. The second kappa shape index (κ2) is 21.1. The van der Waals surface area contributed by atoms with Crippen LogP contribution in [-0.4, -0.2) is 105 Å².